The van der Waals surface area contributed by atoms with Crippen LogP contribution in [0.3, 0.4) is 0 Å². The van der Waals surface area contributed by atoms with Crippen molar-refractivity contribution in [3.8, 4) is 0 Å². The number of ether oxygens (including phenoxy) is 1. The first-order valence-corrected chi connectivity index (χ1v) is 3.76. The van der Waals surface area contributed by atoms with Gasteiger partial charge in [-0.2, -0.15) is 0 Å². The van der Waals surface area contributed by atoms with Crippen molar-refractivity contribution in [2.75, 3.05) is 0 Å². The van der Waals surface area contributed by atoms with E-state index >= 15 is 0 Å². The van der Waals surface area contributed by atoms with Gasteiger partial charge in [0.1, 0.15) is 5.60 Å². The smallest absolute Gasteiger partial charge is 0.427 e. The normalized spacial score (nSPS) is 10.2. The van der Waals surface area contributed by atoms with Crippen LogP contribution in [0.15, 0.2) is 12.7 Å². The third kappa shape index (κ3) is 7.11. The van der Waals surface area contributed by atoms with Crippen LogP contribution in [0.5, 0.6) is 0 Å². The van der Waals surface area contributed by atoms with Gasteiger partial charge < -0.3 is 4.74 Å². The second-order valence-electron chi connectivity index (χ2n) is 3.22. The Bertz CT molecular complexity index is 226. The zero-order chi connectivity index (χ0) is 11.2. The van der Waals surface area contributed by atoms with Crippen molar-refractivity contribution in [2.24, 2.45) is 0 Å². The van der Waals surface area contributed by atoms with Crippen LogP contribution < -0.4 is 0 Å². The van der Waals surface area contributed by atoms with Crippen molar-refractivity contribution in [1.29, 1.82) is 0 Å². The van der Waals surface area contributed by atoms with Crippen molar-refractivity contribution < 1.29 is 29.1 Å². The van der Waals surface area contributed by atoms with Crippen molar-refractivity contribution in [3.63, 3.8) is 0 Å². The second-order valence-corrected chi connectivity index (χ2v) is 3.22. The molecule has 0 aliphatic heterocycles. The van der Waals surface area contributed by atoms with Gasteiger partial charge in [-0.05, 0) is 20.8 Å². The Morgan fingerprint density at radius 3 is 2.21 bits per heavy atom. The molecular formula is C8H12O6. The number of hydrogen-bond acceptors (Lipinski definition) is 6. The first-order chi connectivity index (χ1) is 6.35. The summed E-state index contributed by atoms with van der Waals surface area (Å²) >= 11 is 0. The Morgan fingerprint density at radius 1 is 1.21 bits per heavy atom. The first kappa shape index (κ1) is 12.4. The zero-order valence-corrected chi connectivity index (χ0v) is 8.23. The summed E-state index contributed by atoms with van der Waals surface area (Å²) in [6.07, 6.45) is -0.257. The van der Waals surface area contributed by atoms with E-state index in [1.165, 1.54) is 0 Å². The summed E-state index contributed by atoms with van der Waals surface area (Å²) in [6, 6.07) is 0. The maximum atomic E-state index is 10.7. The number of carbonyl (C=O) groups excluding carboxylic acids is 2. The minimum atomic E-state index is -1.10. The molecule has 0 aromatic carbocycles. The van der Waals surface area contributed by atoms with Crippen LogP contribution in [-0.4, -0.2) is 17.7 Å². The van der Waals surface area contributed by atoms with Crippen molar-refractivity contribution in [3.05, 3.63) is 12.7 Å². The minimum absolute atomic E-state index is 0.705. The second kappa shape index (κ2) is 5.23. The van der Waals surface area contributed by atoms with Gasteiger partial charge in [0.25, 0.3) is 0 Å². The number of carbonyl (C=O) groups is 2. The standard InChI is InChI=1S/C8H12O6/c1-5-6(9)12-14-13-7(10)11-8(2,3)4/h5H,1H2,2-4H3. The average molecular weight is 204 g/mol. The quantitative estimate of drug-likeness (QED) is 0.300. The molecule has 14 heavy (non-hydrogen) atoms. The third-order valence-corrected chi connectivity index (χ3v) is 0.774. The van der Waals surface area contributed by atoms with E-state index in [1.54, 1.807) is 20.8 Å². The Kier molecular flexibility index (Phi) is 4.65. The summed E-state index contributed by atoms with van der Waals surface area (Å²) < 4.78 is 4.65. The van der Waals surface area contributed by atoms with Gasteiger partial charge in [0, 0.05) is 6.08 Å². The molecule has 0 rings (SSSR count). The Hall–Kier alpha value is -1.56. The largest absolute Gasteiger partial charge is 0.543 e. The molecule has 0 aromatic rings. The van der Waals surface area contributed by atoms with E-state index in [0.29, 0.717) is 0 Å². The molecule has 0 amide bonds. The van der Waals surface area contributed by atoms with E-state index in [0.717, 1.165) is 6.08 Å². The Balaban J connectivity index is 3.65. The van der Waals surface area contributed by atoms with Crippen molar-refractivity contribution in [2.45, 2.75) is 26.4 Å². The molecule has 0 unspecified atom stereocenters. The fourth-order valence-corrected chi connectivity index (χ4v) is 0.379. The summed E-state index contributed by atoms with van der Waals surface area (Å²) in [4.78, 5) is 29.0. The summed E-state index contributed by atoms with van der Waals surface area (Å²) in [5.74, 6) is -0.881. The van der Waals surface area contributed by atoms with Crippen LogP contribution in [0, 0.1) is 0 Å². The third-order valence-electron chi connectivity index (χ3n) is 0.774. The van der Waals surface area contributed by atoms with Crippen LogP contribution in [-0.2, 0) is 24.3 Å². The molecule has 0 aliphatic rings. The van der Waals surface area contributed by atoms with Crippen LogP contribution in [0.4, 0.5) is 4.79 Å². The monoisotopic (exact) mass is 204 g/mol. The summed E-state index contributed by atoms with van der Waals surface area (Å²) in [7, 11) is 0. The van der Waals surface area contributed by atoms with E-state index in [-0.39, 0.29) is 0 Å². The molecule has 0 saturated carbocycles. The van der Waals surface area contributed by atoms with Gasteiger partial charge >= 0.3 is 12.1 Å². The van der Waals surface area contributed by atoms with Gasteiger partial charge in [-0.15, -0.1) is 0 Å². The van der Waals surface area contributed by atoms with E-state index in [4.69, 9.17) is 0 Å². The molecule has 6 nitrogen and oxygen atoms in total. The number of hydrogen-bond donors (Lipinski definition) is 0. The van der Waals surface area contributed by atoms with Crippen molar-refractivity contribution in [1.82, 2.24) is 0 Å². The summed E-state index contributed by atoms with van der Waals surface area (Å²) in [5.41, 5.74) is -0.705. The SMILES string of the molecule is C=CC(=O)OOOC(=O)OC(C)(C)C. The fraction of sp³-hybridized carbons (Fsp3) is 0.500. The molecule has 0 radical (unpaired) electrons. The molecule has 0 saturated heterocycles. The van der Waals surface area contributed by atoms with Gasteiger partial charge in [-0.3, -0.25) is 4.89 Å². The fourth-order valence-electron chi connectivity index (χ4n) is 0.379. The summed E-state index contributed by atoms with van der Waals surface area (Å²) in [5, 5.41) is 3.80. The Labute approximate surface area is 81.2 Å². The lowest BCUT2D eigenvalue weighted by Crippen LogP contribution is -2.24. The maximum absolute atomic E-state index is 10.7. The van der Waals surface area contributed by atoms with E-state index in [9.17, 15) is 9.59 Å². The lowest BCUT2D eigenvalue weighted by molar-refractivity contribution is -0.458. The number of rotatable bonds is 3. The Morgan fingerprint density at radius 2 is 1.79 bits per heavy atom. The van der Waals surface area contributed by atoms with Gasteiger partial charge in [0.2, 0.25) is 0 Å². The molecule has 0 spiro atoms. The molecule has 0 bridgehead atoms. The maximum Gasteiger partial charge on any atom is 0.543 e. The van der Waals surface area contributed by atoms with Crippen LogP contribution in [0.2, 0.25) is 0 Å². The highest BCUT2D eigenvalue weighted by Gasteiger charge is 2.18. The van der Waals surface area contributed by atoms with E-state index < -0.39 is 17.7 Å². The first-order valence-electron chi connectivity index (χ1n) is 3.76. The summed E-state index contributed by atoms with van der Waals surface area (Å²) in [6.45, 7) is 8.02. The lowest BCUT2D eigenvalue weighted by atomic mass is 10.2. The van der Waals surface area contributed by atoms with Gasteiger partial charge in [0.05, 0.1) is 5.04 Å². The molecule has 0 fully saturated rings. The van der Waals surface area contributed by atoms with Gasteiger partial charge in [-0.25, -0.2) is 14.5 Å². The predicted octanol–water partition coefficient (Wildman–Crippen LogP) is 1.51. The lowest BCUT2D eigenvalue weighted by Gasteiger charge is -2.17. The molecular weight excluding hydrogens is 192 g/mol. The van der Waals surface area contributed by atoms with Gasteiger partial charge in [-0.1, -0.05) is 6.58 Å². The molecule has 0 N–H and O–H groups in total. The minimum Gasteiger partial charge on any atom is -0.427 e. The predicted molar refractivity (Wildman–Crippen MR) is 44.7 cm³/mol. The molecule has 0 heterocycles. The van der Waals surface area contributed by atoms with Crippen LogP contribution >= 0.6 is 0 Å². The highest BCUT2D eigenvalue weighted by molar-refractivity contribution is 5.80. The molecule has 0 atom stereocenters. The molecule has 80 valence electrons. The highest BCUT2D eigenvalue weighted by atomic mass is 17.5. The molecule has 0 aliphatic carbocycles. The highest BCUT2D eigenvalue weighted by Crippen LogP contribution is 2.08. The molecule has 0 aromatic heterocycles. The van der Waals surface area contributed by atoms with Gasteiger partial charge in [0.15, 0.2) is 0 Å². The van der Waals surface area contributed by atoms with Crippen molar-refractivity contribution >= 4 is 12.1 Å². The molecule has 6 heteroatoms. The zero-order valence-electron chi connectivity index (χ0n) is 8.23. The van der Waals surface area contributed by atoms with E-state index in [2.05, 4.69) is 26.1 Å². The van der Waals surface area contributed by atoms with Crippen LogP contribution in [0.1, 0.15) is 20.8 Å². The average Bonchev–Trinajstić information content (AvgIpc) is 2.00. The topological polar surface area (TPSA) is 71.1 Å². The van der Waals surface area contributed by atoms with Crippen LogP contribution in [0.25, 0.3) is 0 Å². The van der Waals surface area contributed by atoms with E-state index in [1.807, 2.05) is 0 Å².